The van der Waals surface area contributed by atoms with Crippen molar-refractivity contribution in [2.24, 2.45) is 10.9 Å². The third-order valence-electron chi connectivity index (χ3n) is 4.47. The quantitative estimate of drug-likeness (QED) is 0.158. The zero-order valence-corrected chi connectivity index (χ0v) is 19.6. The minimum Gasteiger partial charge on any atom is -0.493 e. The SMILES string of the molecule is CCNC(=NCc1ccc(C)cc1OCC1CC1)NCCCCC(=O)OC.I. The summed E-state index contributed by atoms with van der Waals surface area (Å²) in [4.78, 5) is 15.8. The number of nitrogens with zero attached hydrogens (tertiary/aromatic N) is 1. The first-order valence-electron chi connectivity index (χ1n) is 9.93. The summed E-state index contributed by atoms with van der Waals surface area (Å²) in [5.74, 6) is 2.29. The van der Waals surface area contributed by atoms with Crippen LogP contribution in [0.1, 0.15) is 50.2 Å². The number of carbonyl (C=O) groups is 1. The fraction of sp³-hybridized carbons (Fsp3) is 0.619. The lowest BCUT2D eigenvalue weighted by Gasteiger charge is -2.13. The molecule has 1 aliphatic carbocycles. The fourth-order valence-electron chi connectivity index (χ4n) is 2.63. The minimum absolute atomic E-state index is 0. The van der Waals surface area contributed by atoms with Crippen LogP contribution in [-0.4, -0.2) is 38.7 Å². The molecule has 6 nitrogen and oxygen atoms in total. The van der Waals surface area contributed by atoms with Gasteiger partial charge in [-0.05, 0) is 57.1 Å². The highest BCUT2D eigenvalue weighted by atomic mass is 127. The van der Waals surface area contributed by atoms with Crippen molar-refractivity contribution in [3.8, 4) is 5.75 Å². The summed E-state index contributed by atoms with van der Waals surface area (Å²) < 4.78 is 10.7. The molecule has 0 bridgehead atoms. The number of ether oxygens (including phenoxy) is 2. The molecular formula is C21H34IN3O3. The predicted molar refractivity (Wildman–Crippen MR) is 123 cm³/mol. The number of rotatable bonds is 11. The van der Waals surface area contributed by atoms with Gasteiger partial charge in [0.25, 0.3) is 0 Å². The van der Waals surface area contributed by atoms with E-state index in [-0.39, 0.29) is 29.9 Å². The molecule has 7 heteroatoms. The Morgan fingerprint density at radius 3 is 2.71 bits per heavy atom. The number of methoxy groups -OCH3 is 1. The molecule has 1 aliphatic rings. The highest BCUT2D eigenvalue weighted by Gasteiger charge is 2.22. The Kier molecular flexibility index (Phi) is 11.9. The average molecular weight is 503 g/mol. The Labute approximate surface area is 185 Å². The van der Waals surface area contributed by atoms with E-state index in [9.17, 15) is 4.79 Å². The molecule has 1 fully saturated rings. The van der Waals surface area contributed by atoms with Crippen LogP contribution in [0.2, 0.25) is 0 Å². The Bertz CT molecular complexity index is 633. The van der Waals surface area contributed by atoms with Crippen molar-refractivity contribution in [2.45, 2.75) is 52.5 Å². The van der Waals surface area contributed by atoms with Crippen LogP contribution in [0.3, 0.4) is 0 Å². The van der Waals surface area contributed by atoms with Gasteiger partial charge >= 0.3 is 5.97 Å². The molecule has 28 heavy (non-hydrogen) atoms. The molecule has 0 radical (unpaired) electrons. The summed E-state index contributed by atoms with van der Waals surface area (Å²) in [5, 5.41) is 6.58. The van der Waals surface area contributed by atoms with Gasteiger partial charge in [-0.15, -0.1) is 24.0 Å². The molecule has 0 aromatic heterocycles. The molecule has 1 aromatic carbocycles. The molecule has 1 saturated carbocycles. The lowest BCUT2D eigenvalue weighted by Crippen LogP contribution is -2.37. The smallest absolute Gasteiger partial charge is 0.305 e. The van der Waals surface area contributed by atoms with Crippen LogP contribution in [0.25, 0.3) is 0 Å². The number of halogens is 1. The first kappa shape index (κ1) is 24.5. The lowest BCUT2D eigenvalue weighted by atomic mass is 10.1. The Balaban J connectivity index is 0.00000392. The van der Waals surface area contributed by atoms with Gasteiger partial charge < -0.3 is 20.1 Å². The van der Waals surface area contributed by atoms with Crippen LogP contribution >= 0.6 is 24.0 Å². The van der Waals surface area contributed by atoms with Crippen molar-refractivity contribution < 1.29 is 14.3 Å². The second-order valence-corrected chi connectivity index (χ2v) is 7.02. The maximum atomic E-state index is 11.1. The van der Waals surface area contributed by atoms with Crippen molar-refractivity contribution in [1.82, 2.24) is 10.6 Å². The molecular weight excluding hydrogens is 469 g/mol. The average Bonchev–Trinajstić information content (AvgIpc) is 3.49. The molecule has 0 spiro atoms. The van der Waals surface area contributed by atoms with E-state index >= 15 is 0 Å². The summed E-state index contributed by atoms with van der Waals surface area (Å²) in [7, 11) is 1.42. The van der Waals surface area contributed by atoms with Gasteiger partial charge in [-0.3, -0.25) is 4.79 Å². The zero-order valence-electron chi connectivity index (χ0n) is 17.3. The molecule has 2 N–H and O–H groups in total. The Morgan fingerprint density at radius 2 is 2.04 bits per heavy atom. The predicted octanol–water partition coefficient (Wildman–Crippen LogP) is 3.80. The van der Waals surface area contributed by atoms with Crippen molar-refractivity contribution in [3.05, 3.63) is 29.3 Å². The molecule has 0 saturated heterocycles. The Morgan fingerprint density at radius 1 is 1.25 bits per heavy atom. The first-order chi connectivity index (χ1) is 13.1. The first-order valence-corrected chi connectivity index (χ1v) is 9.93. The van der Waals surface area contributed by atoms with Crippen LogP contribution in [0.4, 0.5) is 0 Å². The van der Waals surface area contributed by atoms with E-state index in [1.165, 1.54) is 25.5 Å². The number of aliphatic imine (C=N–C) groups is 1. The lowest BCUT2D eigenvalue weighted by molar-refractivity contribution is -0.140. The second kappa shape index (κ2) is 13.6. The van der Waals surface area contributed by atoms with Gasteiger partial charge in [0.05, 0.1) is 20.3 Å². The number of benzene rings is 1. The molecule has 1 aromatic rings. The molecule has 2 rings (SSSR count). The number of aryl methyl sites for hydroxylation is 1. The molecule has 0 unspecified atom stereocenters. The Hall–Kier alpha value is -1.51. The van der Waals surface area contributed by atoms with Crippen molar-refractivity contribution in [3.63, 3.8) is 0 Å². The van der Waals surface area contributed by atoms with E-state index in [1.807, 2.05) is 6.92 Å². The van der Waals surface area contributed by atoms with Gasteiger partial charge in [-0.1, -0.05) is 12.1 Å². The fourth-order valence-corrected chi connectivity index (χ4v) is 2.63. The van der Waals surface area contributed by atoms with E-state index in [4.69, 9.17) is 4.74 Å². The number of carbonyl (C=O) groups excluding carboxylic acids is 1. The van der Waals surface area contributed by atoms with Gasteiger partial charge in [0.15, 0.2) is 5.96 Å². The monoisotopic (exact) mass is 503 g/mol. The second-order valence-electron chi connectivity index (χ2n) is 7.02. The van der Waals surface area contributed by atoms with Gasteiger partial charge in [-0.25, -0.2) is 4.99 Å². The van der Waals surface area contributed by atoms with E-state index < -0.39 is 0 Å². The van der Waals surface area contributed by atoms with E-state index in [1.54, 1.807) is 0 Å². The highest BCUT2D eigenvalue weighted by molar-refractivity contribution is 14.0. The van der Waals surface area contributed by atoms with Crippen LogP contribution in [0.5, 0.6) is 5.75 Å². The van der Waals surface area contributed by atoms with Gasteiger partial charge in [0, 0.05) is 25.1 Å². The van der Waals surface area contributed by atoms with Crippen LogP contribution in [-0.2, 0) is 16.1 Å². The summed E-state index contributed by atoms with van der Waals surface area (Å²) in [6.45, 7) is 7.06. The molecule has 158 valence electrons. The highest BCUT2D eigenvalue weighted by Crippen LogP contribution is 2.30. The summed E-state index contributed by atoms with van der Waals surface area (Å²) in [6, 6.07) is 6.30. The van der Waals surface area contributed by atoms with Crippen LogP contribution in [0, 0.1) is 12.8 Å². The van der Waals surface area contributed by atoms with Gasteiger partial charge in [0.1, 0.15) is 5.75 Å². The van der Waals surface area contributed by atoms with Crippen molar-refractivity contribution in [2.75, 3.05) is 26.8 Å². The summed E-state index contributed by atoms with van der Waals surface area (Å²) in [5.41, 5.74) is 2.30. The number of nitrogens with one attached hydrogen (secondary N) is 2. The number of hydrogen-bond acceptors (Lipinski definition) is 4. The maximum absolute atomic E-state index is 11.1. The molecule has 0 amide bonds. The zero-order chi connectivity index (χ0) is 19.5. The van der Waals surface area contributed by atoms with E-state index in [0.29, 0.717) is 13.0 Å². The number of esters is 1. The maximum Gasteiger partial charge on any atom is 0.305 e. The number of guanidine groups is 1. The third-order valence-corrected chi connectivity index (χ3v) is 4.47. The van der Waals surface area contributed by atoms with Gasteiger partial charge in [-0.2, -0.15) is 0 Å². The van der Waals surface area contributed by atoms with Crippen LogP contribution in [0.15, 0.2) is 23.2 Å². The standard InChI is InChI=1S/C21H33N3O3.HI/c1-4-22-21(23-12-6-5-7-20(25)26-3)24-14-18-11-8-16(2)13-19(18)27-15-17-9-10-17;/h8,11,13,17H,4-7,9-10,12,14-15H2,1-3H3,(H2,22,23,24);1H. The molecule has 0 atom stereocenters. The summed E-state index contributed by atoms with van der Waals surface area (Å²) >= 11 is 0. The van der Waals surface area contributed by atoms with E-state index in [0.717, 1.165) is 55.7 Å². The van der Waals surface area contributed by atoms with Crippen LogP contribution < -0.4 is 15.4 Å². The normalized spacial score (nSPS) is 13.5. The minimum atomic E-state index is -0.159. The van der Waals surface area contributed by atoms with E-state index in [2.05, 4.69) is 45.5 Å². The topological polar surface area (TPSA) is 72.0 Å². The molecule has 0 heterocycles. The largest absolute Gasteiger partial charge is 0.493 e. The van der Waals surface area contributed by atoms with Crippen molar-refractivity contribution in [1.29, 1.82) is 0 Å². The third kappa shape index (κ3) is 9.61. The number of unbranched alkanes of at least 4 members (excludes halogenated alkanes) is 1. The van der Waals surface area contributed by atoms with Crippen molar-refractivity contribution >= 4 is 35.9 Å². The summed E-state index contributed by atoms with van der Waals surface area (Å²) in [6.07, 6.45) is 4.71. The van der Waals surface area contributed by atoms with Gasteiger partial charge in [0.2, 0.25) is 0 Å². The number of hydrogen-bond donors (Lipinski definition) is 2. The molecule has 0 aliphatic heterocycles.